The van der Waals surface area contributed by atoms with E-state index in [2.05, 4.69) is 341 Å². The van der Waals surface area contributed by atoms with E-state index in [-0.39, 0.29) is 0 Å². The molecule has 0 saturated carbocycles. The Bertz CT molecular complexity index is 8240. The lowest BCUT2D eigenvalue weighted by Gasteiger charge is -2.12. The molecule has 0 aliphatic carbocycles. The third-order valence-electron chi connectivity index (χ3n) is 25.1. The number of thiophene rings is 3. The molecular formula is C119H74N16S3. The zero-order chi connectivity index (χ0) is 91.4. The Morgan fingerprint density at radius 3 is 0.732 bits per heavy atom. The van der Waals surface area contributed by atoms with Crippen molar-refractivity contribution >= 4 is 130 Å². The Morgan fingerprint density at radius 1 is 0.167 bits per heavy atom. The van der Waals surface area contributed by atoms with Crippen LogP contribution in [0.4, 0.5) is 0 Å². The molecule has 12 aromatic carbocycles. The minimum absolute atomic E-state index is 0.593. The Labute approximate surface area is 803 Å². The molecule has 0 spiro atoms. The van der Waals surface area contributed by atoms with Crippen molar-refractivity contribution in [2.75, 3.05) is 0 Å². The molecule has 0 fully saturated rings. The van der Waals surface area contributed by atoms with E-state index in [1.807, 2.05) is 113 Å². The zero-order valence-electron chi connectivity index (χ0n) is 73.6. The smallest absolute Gasteiger partial charge is 0.164 e. The molecule has 0 saturated heterocycles. The second kappa shape index (κ2) is 35.5. The van der Waals surface area contributed by atoms with Crippen LogP contribution in [-0.4, -0.2) is 78.5 Å². The number of hydrogen-bond donors (Lipinski definition) is 0. The highest BCUT2D eigenvalue weighted by molar-refractivity contribution is 7.24. The van der Waals surface area contributed by atoms with Crippen LogP contribution in [0.5, 0.6) is 0 Å². The van der Waals surface area contributed by atoms with E-state index in [1.165, 1.54) is 116 Å². The Morgan fingerprint density at radius 2 is 0.413 bits per heavy atom. The van der Waals surface area contributed by atoms with Gasteiger partial charge in [-0.2, -0.15) is 0 Å². The fraction of sp³-hybridized carbons (Fsp3) is 0. The van der Waals surface area contributed by atoms with Gasteiger partial charge in [-0.3, -0.25) is 29.9 Å². The van der Waals surface area contributed by atoms with Gasteiger partial charge in [0.05, 0.1) is 55.9 Å². The number of hydrogen-bond acceptors (Lipinski definition) is 16. The van der Waals surface area contributed by atoms with Crippen molar-refractivity contribution in [3.05, 3.63) is 450 Å². The van der Waals surface area contributed by atoms with Crippen LogP contribution in [0.2, 0.25) is 0 Å². The highest BCUT2D eigenvalue weighted by atomic mass is 32.1. The lowest BCUT2D eigenvalue weighted by molar-refractivity contribution is 1.07. The maximum atomic E-state index is 5.06. The SMILES string of the molecule is c1ccc(-c2cc3ccc4c(c5ccccc5n4-c4cccc(-c5cc(-c6ccncc6)nc(-c6ccncc6)n5)c4)c3s2)cc1.c1ccc(-c2cc3ccc4c(c5ccccc5n4-c4cccc(-c5nc(-c6ccncc6)cc(-c6ccncc6)n5)c4)c3s2)cc1.c1ccc(-c2cc3ccc4c(c5ccccc5n4-c4cccc(-c5nc(-c6ccncc6)nc(-c6ccncc6)n5)c4)c3s2)cc1. The van der Waals surface area contributed by atoms with Crippen LogP contribution in [0.3, 0.4) is 0 Å². The molecule has 0 radical (unpaired) electrons. The third-order valence-corrected chi connectivity index (χ3v) is 28.7. The predicted octanol–water partition coefficient (Wildman–Crippen LogP) is 30.1. The van der Waals surface area contributed by atoms with E-state index >= 15 is 0 Å². The topological polar surface area (TPSA) is 182 Å². The number of aromatic nitrogens is 16. The summed E-state index contributed by atoms with van der Waals surface area (Å²) in [6, 6.07) is 132. The molecule has 27 rings (SSSR count). The summed E-state index contributed by atoms with van der Waals surface area (Å²) in [6.45, 7) is 0. The van der Waals surface area contributed by atoms with Gasteiger partial charge in [-0.1, -0.05) is 200 Å². The van der Waals surface area contributed by atoms with E-state index in [4.69, 9.17) is 34.9 Å². The first kappa shape index (κ1) is 81.9. The molecule has 16 nitrogen and oxygen atoms in total. The lowest BCUT2D eigenvalue weighted by Crippen LogP contribution is -2.01. The number of benzene rings is 12. The third kappa shape index (κ3) is 15.4. The van der Waals surface area contributed by atoms with E-state index in [0.29, 0.717) is 29.1 Å². The van der Waals surface area contributed by atoms with Crippen LogP contribution in [0.1, 0.15) is 0 Å². The van der Waals surface area contributed by atoms with Crippen molar-refractivity contribution < 1.29 is 0 Å². The van der Waals surface area contributed by atoms with Gasteiger partial charge in [-0.05, 0) is 209 Å². The van der Waals surface area contributed by atoms with Crippen molar-refractivity contribution in [3.8, 4) is 150 Å². The van der Waals surface area contributed by atoms with Gasteiger partial charge in [0.1, 0.15) is 0 Å². The van der Waals surface area contributed by atoms with Gasteiger partial charge < -0.3 is 13.7 Å². The summed E-state index contributed by atoms with van der Waals surface area (Å²) >= 11 is 5.58. The first-order valence-electron chi connectivity index (χ1n) is 45.2. The predicted molar refractivity (Wildman–Crippen MR) is 565 cm³/mol. The van der Waals surface area contributed by atoms with E-state index in [9.17, 15) is 0 Å². The average molecular weight is 1820 g/mol. The summed E-state index contributed by atoms with van der Waals surface area (Å²) in [5, 5.41) is 11.3. The number of pyridine rings is 6. The second-order valence-corrected chi connectivity index (χ2v) is 36.6. The number of fused-ring (bicyclic) bond motifs is 15. The van der Waals surface area contributed by atoms with Gasteiger partial charge in [0.25, 0.3) is 0 Å². The quantitative estimate of drug-likeness (QED) is 0.0946. The number of para-hydroxylation sites is 3. The van der Waals surface area contributed by atoms with Crippen molar-refractivity contribution in [1.29, 1.82) is 0 Å². The van der Waals surface area contributed by atoms with Crippen LogP contribution in [0.25, 0.3) is 246 Å². The normalized spacial score (nSPS) is 11.5. The maximum Gasteiger partial charge on any atom is 0.164 e. The summed E-state index contributed by atoms with van der Waals surface area (Å²) in [6.07, 6.45) is 21.3. The summed E-state index contributed by atoms with van der Waals surface area (Å²) in [5.41, 5.74) is 25.8. The molecule has 138 heavy (non-hydrogen) atoms. The minimum Gasteiger partial charge on any atom is -0.309 e. The summed E-state index contributed by atoms with van der Waals surface area (Å²) in [7, 11) is 0. The van der Waals surface area contributed by atoms with Crippen molar-refractivity contribution in [1.82, 2.24) is 78.5 Å². The number of rotatable bonds is 15. The van der Waals surface area contributed by atoms with Gasteiger partial charge in [0.15, 0.2) is 29.1 Å². The molecule has 0 unspecified atom stereocenters. The minimum atomic E-state index is 0.593. The standard InChI is InChI=1S/2C40H25N5S.C39H24N6S/c1-2-7-28(8-3-1)37-24-29-13-14-36-38(39(29)46-37)32-11-4-5-12-35(32)45(36)31-10-6-9-30(23-31)40-43-33(26-15-19-41-20-16-26)25-34(44-40)27-17-21-42-22-18-27;1-2-7-27(8-3-1)37-24-30-13-14-36-38(39(30)46-37)32-11-4-5-12-35(32)45(36)31-10-6-9-29(23-31)34-25-33(26-15-19-41-20-16-26)43-40(44-34)28-17-21-42-22-18-28;1-2-7-25(8-3-1)34-24-28-13-14-33-35(36(28)46-34)31-11-4-5-12-32(31)45(33)30-10-6-9-29(23-30)39-43-37(26-15-19-40-20-16-26)42-38(44-39)27-17-21-41-22-18-27/h2*1-25H;1-24H. The van der Waals surface area contributed by atoms with Gasteiger partial charge in [0.2, 0.25) is 0 Å². The van der Waals surface area contributed by atoms with Crippen LogP contribution in [0.15, 0.2) is 450 Å². The molecule has 0 atom stereocenters. The zero-order valence-corrected chi connectivity index (χ0v) is 76.1. The Kier molecular flexibility index (Phi) is 21.1. The largest absolute Gasteiger partial charge is 0.309 e. The summed E-state index contributed by atoms with van der Waals surface area (Å²) in [4.78, 5) is 63.8. The van der Waals surface area contributed by atoms with Gasteiger partial charge in [-0.15, -0.1) is 34.0 Å². The van der Waals surface area contributed by atoms with Crippen molar-refractivity contribution in [3.63, 3.8) is 0 Å². The first-order valence-corrected chi connectivity index (χ1v) is 47.7. The molecule has 0 bridgehead atoms. The highest BCUT2D eigenvalue weighted by Gasteiger charge is 2.25. The van der Waals surface area contributed by atoms with Crippen LogP contribution < -0.4 is 0 Å². The van der Waals surface area contributed by atoms with Gasteiger partial charge in [-0.25, -0.2) is 34.9 Å². The molecule has 0 N–H and O–H groups in total. The van der Waals surface area contributed by atoms with Crippen LogP contribution >= 0.6 is 34.0 Å². The monoisotopic (exact) mass is 1820 g/mol. The van der Waals surface area contributed by atoms with E-state index in [0.717, 1.165) is 101 Å². The summed E-state index contributed by atoms with van der Waals surface area (Å²) in [5.74, 6) is 3.11. The van der Waals surface area contributed by atoms with Crippen LogP contribution in [0, 0.1) is 0 Å². The van der Waals surface area contributed by atoms with E-state index < -0.39 is 0 Å². The molecule has 27 aromatic rings. The Hall–Kier alpha value is -18.0. The average Bonchev–Trinajstić information content (AvgIpc) is 1.58. The molecule has 15 heterocycles. The number of nitrogens with zero attached hydrogens (tertiary/aromatic N) is 16. The van der Waals surface area contributed by atoms with Crippen molar-refractivity contribution in [2.45, 2.75) is 0 Å². The maximum absolute atomic E-state index is 5.06. The molecular weight excluding hydrogens is 1750 g/mol. The summed E-state index contributed by atoms with van der Waals surface area (Å²) < 4.78 is 11.0. The van der Waals surface area contributed by atoms with E-state index in [1.54, 1.807) is 74.4 Å². The first-order chi connectivity index (χ1) is 68.4. The highest BCUT2D eigenvalue weighted by Crippen LogP contribution is 2.48. The molecule has 0 amide bonds. The van der Waals surface area contributed by atoms with Crippen molar-refractivity contribution in [2.24, 2.45) is 0 Å². The molecule has 15 aromatic heterocycles. The molecule has 0 aliphatic rings. The van der Waals surface area contributed by atoms with Gasteiger partial charge in [0, 0.05) is 203 Å². The molecule has 648 valence electrons. The van der Waals surface area contributed by atoms with Crippen LogP contribution in [-0.2, 0) is 0 Å². The fourth-order valence-electron chi connectivity index (χ4n) is 18.7. The Balaban J connectivity index is 0.000000110. The lowest BCUT2D eigenvalue weighted by atomic mass is 10.1. The fourth-order valence-corrected chi connectivity index (χ4v) is 22.3. The molecule has 0 aliphatic heterocycles. The second-order valence-electron chi connectivity index (χ2n) is 33.4. The molecule has 19 heteroatoms. The van der Waals surface area contributed by atoms with Gasteiger partial charge >= 0.3 is 0 Å².